The summed E-state index contributed by atoms with van der Waals surface area (Å²) in [5.74, 6) is 1.18. The van der Waals surface area contributed by atoms with Crippen molar-refractivity contribution in [3.05, 3.63) is 84.8 Å². The molecule has 0 aliphatic carbocycles. The Balaban J connectivity index is 1.79. The largest absolute Gasteiger partial charge is 0.375 e. The maximum absolute atomic E-state index is 4.30. The molecular formula is C21H15N4+. The Labute approximate surface area is 144 Å². The van der Waals surface area contributed by atoms with Crippen LogP contribution >= 0.6 is 0 Å². The Hall–Kier alpha value is -3.40. The highest BCUT2D eigenvalue weighted by Crippen LogP contribution is 2.34. The fourth-order valence-electron chi connectivity index (χ4n) is 4.03. The molecule has 0 radical (unpaired) electrons. The minimum atomic E-state index is 0.859. The number of hydrogen-bond acceptors (Lipinski definition) is 1. The van der Waals surface area contributed by atoms with Crippen molar-refractivity contribution in [2.24, 2.45) is 0 Å². The highest BCUT2D eigenvalue weighted by atomic mass is 15.3. The van der Waals surface area contributed by atoms with Crippen LogP contribution in [0.5, 0.6) is 0 Å². The van der Waals surface area contributed by atoms with E-state index in [4.69, 9.17) is 0 Å². The molecule has 0 fully saturated rings. The summed E-state index contributed by atoms with van der Waals surface area (Å²) in [5, 5.41) is 0. The first-order valence-corrected chi connectivity index (χ1v) is 8.45. The Kier molecular flexibility index (Phi) is 2.37. The number of para-hydroxylation sites is 3. The Bertz CT molecular complexity index is 1260. The summed E-state index contributed by atoms with van der Waals surface area (Å²) in [5.41, 5.74) is 7.43. The summed E-state index contributed by atoms with van der Waals surface area (Å²) < 4.78 is 7.04. The van der Waals surface area contributed by atoms with E-state index in [9.17, 15) is 0 Å². The van der Waals surface area contributed by atoms with Crippen LogP contribution in [0.2, 0.25) is 0 Å². The van der Waals surface area contributed by atoms with Crippen LogP contribution in [0.3, 0.4) is 0 Å². The molecule has 0 amide bonds. The molecule has 4 nitrogen and oxygen atoms in total. The van der Waals surface area contributed by atoms with Crippen LogP contribution in [0.4, 0.5) is 0 Å². The Morgan fingerprint density at radius 1 is 0.920 bits per heavy atom. The first-order valence-electron chi connectivity index (χ1n) is 8.45. The van der Waals surface area contributed by atoms with E-state index in [1.54, 1.807) is 0 Å². The minimum Gasteiger partial charge on any atom is -0.264 e. The standard InChI is InChI=1S/C21H15N4/c1-2-6-16(7-3-1)25-19-9-5-4-8-18(19)24-14-20-17-10-11-22-12-15(17)13-23(20)21(24)25/h1-12,14H,13H2/q+1. The number of pyridine rings is 1. The zero-order valence-electron chi connectivity index (χ0n) is 13.5. The molecule has 0 spiro atoms. The first kappa shape index (κ1) is 13.0. The molecule has 2 aromatic carbocycles. The van der Waals surface area contributed by atoms with Gasteiger partial charge in [-0.05, 0) is 30.3 Å². The molecule has 0 saturated heterocycles. The van der Waals surface area contributed by atoms with Crippen LogP contribution < -0.4 is 4.40 Å². The van der Waals surface area contributed by atoms with E-state index in [1.807, 2.05) is 12.4 Å². The molecule has 25 heavy (non-hydrogen) atoms. The van der Waals surface area contributed by atoms with E-state index in [2.05, 4.69) is 85.4 Å². The van der Waals surface area contributed by atoms with Gasteiger partial charge in [0, 0.05) is 23.5 Å². The molecule has 3 aromatic heterocycles. The van der Waals surface area contributed by atoms with Crippen molar-refractivity contribution in [2.75, 3.05) is 0 Å². The van der Waals surface area contributed by atoms with Crippen LogP contribution in [0.25, 0.3) is 33.8 Å². The fourth-order valence-corrected chi connectivity index (χ4v) is 4.03. The zero-order valence-corrected chi connectivity index (χ0v) is 13.5. The van der Waals surface area contributed by atoms with Crippen molar-refractivity contribution in [2.45, 2.75) is 6.54 Å². The molecule has 0 atom stereocenters. The third-order valence-corrected chi connectivity index (χ3v) is 5.10. The number of fused-ring (bicyclic) bond motifs is 7. The lowest BCUT2D eigenvalue weighted by Gasteiger charge is -2.01. The second-order valence-corrected chi connectivity index (χ2v) is 6.46. The van der Waals surface area contributed by atoms with E-state index in [-0.39, 0.29) is 0 Å². The fraction of sp³-hybridized carbons (Fsp3) is 0.0476. The molecule has 118 valence electrons. The Morgan fingerprint density at radius 2 is 1.76 bits per heavy atom. The monoisotopic (exact) mass is 323 g/mol. The van der Waals surface area contributed by atoms with Crippen molar-refractivity contribution in [1.82, 2.24) is 14.1 Å². The number of aromatic nitrogens is 4. The molecule has 5 aromatic rings. The second-order valence-electron chi connectivity index (χ2n) is 6.46. The van der Waals surface area contributed by atoms with Crippen LogP contribution in [0, 0.1) is 0 Å². The van der Waals surface area contributed by atoms with Gasteiger partial charge in [0.05, 0.1) is 6.54 Å². The quantitative estimate of drug-likeness (QED) is 0.425. The van der Waals surface area contributed by atoms with Gasteiger partial charge in [-0.25, -0.2) is 4.57 Å². The molecule has 0 bridgehead atoms. The summed E-state index contributed by atoms with van der Waals surface area (Å²) in [6, 6.07) is 21.3. The normalized spacial score (nSPS) is 12.6. The van der Waals surface area contributed by atoms with Crippen molar-refractivity contribution in [3.63, 3.8) is 0 Å². The van der Waals surface area contributed by atoms with Gasteiger partial charge in [0.15, 0.2) is 0 Å². The van der Waals surface area contributed by atoms with E-state index >= 15 is 0 Å². The van der Waals surface area contributed by atoms with E-state index in [1.165, 1.54) is 39.3 Å². The lowest BCUT2D eigenvalue weighted by Crippen LogP contribution is -2.18. The third kappa shape index (κ3) is 1.61. The zero-order chi connectivity index (χ0) is 16.4. The highest BCUT2D eigenvalue weighted by molar-refractivity contribution is 5.80. The summed E-state index contributed by atoms with van der Waals surface area (Å²) >= 11 is 0. The van der Waals surface area contributed by atoms with E-state index in [0.29, 0.717) is 0 Å². The molecule has 0 unspecified atom stereocenters. The van der Waals surface area contributed by atoms with Crippen LogP contribution in [-0.2, 0) is 6.54 Å². The molecular weight excluding hydrogens is 308 g/mol. The topological polar surface area (TPSA) is 26.9 Å². The van der Waals surface area contributed by atoms with Gasteiger partial charge in [-0.3, -0.25) is 4.98 Å². The molecule has 0 N–H and O–H groups in total. The number of rotatable bonds is 1. The van der Waals surface area contributed by atoms with Crippen molar-refractivity contribution in [1.29, 1.82) is 0 Å². The van der Waals surface area contributed by atoms with Crippen LogP contribution in [-0.4, -0.2) is 14.1 Å². The predicted molar refractivity (Wildman–Crippen MR) is 96.8 cm³/mol. The smallest absolute Gasteiger partial charge is 0.264 e. The van der Waals surface area contributed by atoms with Crippen molar-refractivity contribution < 1.29 is 4.40 Å². The minimum absolute atomic E-state index is 0.859. The molecule has 1 aliphatic heterocycles. The lowest BCUT2D eigenvalue weighted by atomic mass is 10.1. The molecule has 4 heteroatoms. The Morgan fingerprint density at radius 3 is 2.68 bits per heavy atom. The average Bonchev–Trinajstić information content (AvgIpc) is 3.30. The first-order chi connectivity index (χ1) is 12.4. The average molecular weight is 323 g/mol. The van der Waals surface area contributed by atoms with Gasteiger partial charge in [-0.1, -0.05) is 30.3 Å². The lowest BCUT2D eigenvalue weighted by molar-refractivity contribution is -0.480. The molecule has 0 saturated carbocycles. The highest BCUT2D eigenvalue weighted by Gasteiger charge is 2.32. The van der Waals surface area contributed by atoms with E-state index < -0.39 is 0 Å². The number of hydrogen-bond donors (Lipinski definition) is 0. The third-order valence-electron chi connectivity index (χ3n) is 5.10. The predicted octanol–water partition coefficient (Wildman–Crippen LogP) is 3.59. The summed E-state index contributed by atoms with van der Waals surface area (Å²) in [4.78, 5) is 4.30. The number of nitrogens with zero attached hydrogens (tertiary/aromatic N) is 4. The summed E-state index contributed by atoms with van der Waals surface area (Å²) in [6.45, 7) is 0.859. The molecule has 6 rings (SSSR count). The van der Waals surface area contributed by atoms with Crippen molar-refractivity contribution in [3.8, 4) is 16.9 Å². The SMILES string of the molecule is c1ccc(-n2c3ccccc3[n+]3cc4n(c23)Cc2cnccc2-4)cc1. The maximum Gasteiger partial charge on any atom is 0.375 e. The van der Waals surface area contributed by atoms with Gasteiger partial charge < -0.3 is 0 Å². The van der Waals surface area contributed by atoms with Gasteiger partial charge in [-0.2, -0.15) is 8.97 Å². The van der Waals surface area contributed by atoms with Crippen LogP contribution in [0.15, 0.2) is 79.3 Å². The van der Waals surface area contributed by atoms with Crippen molar-refractivity contribution >= 4 is 16.8 Å². The van der Waals surface area contributed by atoms with Gasteiger partial charge >= 0.3 is 5.78 Å². The van der Waals surface area contributed by atoms with E-state index in [0.717, 1.165) is 6.54 Å². The van der Waals surface area contributed by atoms with Crippen LogP contribution in [0.1, 0.15) is 5.56 Å². The van der Waals surface area contributed by atoms with Gasteiger partial charge in [0.25, 0.3) is 0 Å². The van der Waals surface area contributed by atoms with Gasteiger partial charge in [0.1, 0.15) is 28.6 Å². The summed E-state index contributed by atoms with van der Waals surface area (Å²) in [7, 11) is 0. The van der Waals surface area contributed by atoms with Gasteiger partial charge in [-0.15, -0.1) is 0 Å². The molecule has 1 aliphatic rings. The maximum atomic E-state index is 4.30. The summed E-state index contributed by atoms with van der Waals surface area (Å²) in [6.07, 6.45) is 6.11. The number of imidazole rings is 2. The second kappa shape index (κ2) is 4.57. The molecule has 4 heterocycles. The van der Waals surface area contributed by atoms with Gasteiger partial charge in [0.2, 0.25) is 0 Å². The number of benzene rings is 2.